The Morgan fingerprint density at radius 2 is 1.69 bits per heavy atom. The van der Waals surface area contributed by atoms with E-state index in [0.29, 0.717) is 22.8 Å². The molecule has 1 aliphatic rings. The molecule has 1 saturated heterocycles. The van der Waals surface area contributed by atoms with E-state index in [1.165, 1.54) is 23.2 Å². The van der Waals surface area contributed by atoms with Gasteiger partial charge < -0.3 is 14.3 Å². The number of hydrogen-bond acceptors (Lipinski definition) is 5. The number of amides is 2. The van der Waals surface area contributed by atoms with Gasteiger partial charge in [0.1, 0.15) is 17.1 Å². The molecule has 0 radical (unpaired) electrons. The molecule has 1 aromatic heterocycles. The lowest BCUT2D eigenvalue weighted by Gasteiger charge is -2.14. The van der Waals surface area contributed by atoms with Crippen LogP contribution < -0.4 is 15.5 Å². The first-order chi connectivity index (χ1) is 13.9. The number of benzene rings is 2. The second kappa shape index (κ2) is 7.12. The third-order valence-corrected chi connectivity index (χ3v) is 4.50. The van der Waals surface area contributed by atoms with Gasteiger partial charge >= 0.3 is 0 Å². The summed E-state index contributed by atoms with van der Waals surface area (Å²) >= 11 is 0. The Bertz CT molecular complexity index is 1140. The predicted octanol–water partition coefficient (Wildman–Crippen LogP) is 2.08. The van der Waals surface area contributed by atoms with Crippen LogP contribution in [-0.2, 0) is 9.59 Å². The van der Waals surface area contributed by atoms with Crippen LogP contribution in [0.3, 0.4) is 0 Å². The first-order valence-electron chi connectivity index (χ1n) is 8.78. The molecule has 144 valence electrons. The highest BCUT2D eigenvalue weighted by Gasteiger charge is 2.34. The van der Waals surface area contributed by atoms with E-state index in [1.54, 1.807) is 36.4 Å². The quantitative estimate of drug-likeness (QED) is 0.545. The van der Waals surface area contributed by atoms with Gasteiger partial charge in [0, 0.05) is 5.56 Å². The SMILES string of the molecule is Cc1ccc(N2NC(=O)/C(=C/c3ccc(-c4ccc(C(=O)[O-])cc4)o3)C2=O)cc1. The number of nitrogens with one attached hydrogen (secondary N) is 1. The van der Waals surface area contributed by atoms with Gasteiger partial charge in [0.15, 0.2) is 0 Å². The molecule has 2 heterocycles. The highest BCUT2D eigenvalue weighted by Crippen LogP contribution is 2.26. The molecule has 0 unspecified atom stereocenters. The highest BCUT2D eigenvalue weighted by molar-refractivity contribution is 6.31. The number of nitrogens with zero attached hydrogens (tertiary/aromatic N) is 1. The summed E-state index contributed by atoms with van der Waals surface area (Å²) in [6.45, 7) is 1.93. The minimum absolute atomic E-state index is 0.0428. The van der Waals surface area contributed by atoms with Crippen LogP contribution in [0.15, 0.2) is 70.7 Å². The second-order valence-corrected chi connectivity index (χ2v) is 6.54. The van der Waals surface area contributed by atoms with Crippen LogP contribution in [0, 0.1) is 6.92 Å². The molecule has 2 amide bonds. The molecule has 29 heavy (non-hydrogen) atoms. The molecule has 1 N–H and O–H groups in total. The molecule has 1 aliphatic heterocycles. The number of carbonyl (C=O) groups is 3. The van der Waals surface area contributed by atoms with Crippen molar-refractivity contribution in [2.45, 2.75) is 6.92 Å². The van der Waals surface area contributed by atoms with Gasteiger partial charge in [-0.2, -0.15) is 0 Å². The Morgan fingerprint density at radius 1 is 1.00 bits per heavy atom. The maximum Gasteiger partial charge on any atom is 0.282 e. The topological polar surface area (TPSA) is 103 Å². The van der Waals surface area contributed by atoms with Crippen molar-refractivity contribution in [3.8, 4) is 11.3 Å². The summed E-state index contributed by atoms with van der Waals surface area (Å²) in [5, 5.41) is 12.0. The zero-order chi connectivity index (χ0) is 20.5. The Labute approximate surface area is 165 Å². The van der Waals surface area contributed by atoms with Gasteiger partial charge in [-0.25, -0.2) is 5.01 Å². The number of carboxylic acids is 1. The maximum absolute atomic E-state index is 12.7. The van der Waals surface area contributed by atoms with E-state index in [0.717, 1.165) is 5.56 Å². The molecule has 2 aromatic carbocycles. The lowest BCUT2D eigenvalue weighted by Crippen LogP contribution is -2.35. The molecule has 7 heteroatoms. The summed E-state index contributed by atoms with van der Waals surface area (Å²) in [6, 6.07) is 16.5. The van der Waals surface area contributed by atoms with Crippen LogP contribution in [0.1, 0.15) is 21.7 Å². The van der Waals surface area contributed by atoms with Crippen molar-refractivity contribution in [3.05, 3.63) is 83.1 Å². The van der Waals surface area contributed by atoms with E-state index in [1.807, 2.05) is 19.1 Å². The van der Waals surface area contributed by atoms with Crippen LogP contribution in [0.2, 0.25) is 0 Å². The summed E-state index contributed by atoms with van der Waals surface area (Å²) in [5.74, 6) is -1.46. The Hall–Kier alpha value is -4.13. The first kappa shape index (κ1) is 18.2. The van der Waals surface area contributed by atoms with Crippen LogP contribution in [0.4, 0.5) is 5.69 Å². The smallest absolute Gasteiger partial charge is 0.282 e. The zero-order valence-corrected chi connectivity index (χ0v) is 15.3. The van der Waals surface area contributed by atoms with E-state index >= 15 is 0 Å². The lowest BCUT2D eigenvalue weighted by molar-refractivity contribution is -0.255. The molecule has 0 spiro atoms. The largest absolute Gasteiger partial charge is 0.545 e. The van der Waals surface area contributed by atoms with Crippen molar-refractivity contribution in [1.29, 1.82) is 0 Å². The van der Waals surface area contributed by atoms with Gasteiger partial charge in [0.05, 0.1) is 11.7 Å². The normalized spacial score (nSPS) is 15.1. The van der Waals surface area contributed by atoms with Crippen molar-refractivity contribution < 1.29 is 23.9 Å². The molecule has 0 bridgehead atoms. The molecular weight excluding hydrogens is 372 g/mol. The fourth-order valence-corrected chi connectivity index (χ4v) is 2.93. The Balaban J connectivity index is 1.58. The number of anilines is 1. The lowest BCUT2D eigenvalue weighted by atomic mass is 10.1. The van der Waals surface area contributed by atoms with Crippen molar-refractivity contribution in [2.24, 2.45) is 0 Å². The van der Waals surface area contributed by atoms with Gasteiger partial charge in [0.2, 0.25) is 0 Å². The first-order valence-corrected chi connectivity index (χ1v) is 8.78. The summed E-state index contributed by atoms with van der Waals surface area (Å²) in [5.41, 5.74) is 4.81. The Kier molecular flexibility index (Phi) is 4.48. The standard InChI is InChI=1S/C22H16N2O5/c1-13-2-8-16(9-3-13)24-21(26)18(20(25)23-24)12-17-10-11-19(29-17)14-4-6-15(7-5-14)22(27)28/h2-12H,1H3,(H,23,25)(H,27,28)/p-1/b18-12-. The second-order valence-electron chi connectivity index (χ2n) is 6.54. The Morgan fingerprint density at radius 3 is 2.34 bits per heavy atom. The number of hydrazine groups is 1. The van der Waals surface area contributed by atoms with Crippen molar-refractivity contribution >= 4 is 29.5 Å². The zero-order valence-electron chi connectivity index (χ0n) is 15.3. The van der Waals surface area contributed by atoms with E-state index in [9.17, 15) is 19.5 Å². The fraction of sp³-hybridized carbons (Fsp3) is 0.0455. The molecular formula is C22H15N2O5-. The van der Waals surface area contributed by atoms with Gasteiger partial charge in [-0.05, 0) is 42.8 Å². The van der Waals surface area contributed by atoms with Gasteiger partial charge in [-0.15, -0.1) is 0 Å². The number of hydrogen-bond donors (Lipinski definition) is 1. The van der Waals surface area contributed by atoms with Crippen LogP contribution >= 0.6 is 0 Å². The molecule has 4 rings (SSSR count). The summed E-state index contributed by atoms with van der Waals surface area (Å²) < 4.78 is 5.70. The average molecular weight is 387 g/mol. The van der Waals surface area contributed by atoms with Gasteiger partial charge in [0.25, 0.3) is 11.8 Å². The molecule has 0 saturated carbocycles. The van der Waals surface area contributed by atoms with E-state index in [-0.39, 0.29) is 11.1 Å². The molecule has 0 atom stereocenters. The predicted molar refractivity (Wildman–Crippen MR) is 103 cm³/mol. The number of carbonyl (C=O) groups excluding carboxylic acids is 3. The minimum Gasteiger partial charge on any atom is -0.545 e. The van der Waals surface area contributed by atoms with Gasteiger partial charge in [-0.3, -0.25) is 15.0 Å². The van der Waals surface area contributed by atoms with Crippen molar-refractivity contribution in [1.82, 2.24) is 5.43 Å². The summed E-state index contributed by atoms with van der Waals surface area (Å²) in [7, 11) is 0. The van der Waals surface area contributed by atoms with Crippen LogP contribution in [0.25, 0.3) is 17.4 Å². The molecule has 7 nitrogen and oxygen atoms in total. The number of furan rings is 1. The fourth-order valence-electron chi connectivity index (χ4n) is 2.93. The number of aryl methyl sites for hydroxylation is 1. The third-order valence-electron chi connectivity index (χ3n) is 4.50. The van der Waals surface area contributed by atoms with E-state index < -0.39 is 17.8 Å². The molecule has 3 aromatic rings. The highest BCUT2D eigenvalue weighted by atomic mass is 16.4. The maximum atomic E-state index is 12.7. The van der Waals surface area contributed by atoms with Crippen LogP contribution in [0.5, 0.6) is 0 Å². The van der Waals surface area contributed by atoms with Crippen molar-refractivity contribution in [2.75, 3.05) is 5.01 Å². The van der Waals surface area contributed by atoms with Gasteiger partial charge in [-0.1, -0.05) is 42.0 Å². The average Bonchev–Trinajstić information content (AvgIpc) is 3.29. The van der Waals surface area contributed by atoms with E-state index in [4.69, 9.17) is 4.42 Å². The number of carboxylic acid groups (broad SMARTS) is 1. The summed E-state index contributed by atoms with van der Waals surface area (Å²) in [4.78, 5) is 35.8. The third kappa shape index (κ3) is 3.53. The molecule has 1 fully saturated rings. The number of rotatable bonds is 4. The number of aromatic carboxylic acids is 1. The summed E-state index contributed by atoms with van der Waals surface area (Å²) in [6.07, 6.45) is 1.38. The van der Waals surface area contributed by atoms with Crippen LogP contribution in [-0.4, -0.2) is 17.8 Å². The monoisotopic (exact) mass is 387 g/mol. The van der Waals surface area contributed by atoms with Crippen molar-refractivity contribution in [3.63, 3.8) is 0 Å². The minimum atomic E-state index is -1.26. The van der Waals surface area contributed by atoms with E-state index in [2.05, 4.69) is 5.43 Å². The molecule has 0 aliphatic carbocycles.